The standard InChI is InChI=1S/C11H9FN2O2S/c12-8-3-1-2-7(4-8)6-17-11-13-9(15)5-10(16)14-11/h1-5H,6H2,(H2,13,14,15,16). The Hall–Kier alpha value is -1.82. The van der Waals surface area contributed by atoms with Gasteiger partial charge in [-0.2, -0.15) is 9.97 Å². The fourth-order valence-electron chi connectivity index (χ4n) is 1.24. The molecule has 0 aliphatic rings. The van der Waals surface area contributed by atoms with Crippen LogP contribution in [-0.4, -0.2) is 20.2 Å². The summed E-state index contributed by atoms with van der Waals surface area (Å²) >= 11 is 1.20. The summed E-state index contributed by atoms with van der Waals surface area (Å²) in [5.41, 5.74) is 0.779. The highest BCUT2D eigenvalue weighted by Gasteiger charge is 2.04. The molecule has 0 unspecified atom stereocenters. The maximum Gasteiger partial charge on any atom is 0.218 e. The van der Waals surface area contributed by atoms with Gasteiger partial charge in [0.2, 0.25) is 11.8 Å². The summed E-state index contributed by atoms with van der Waals surface area (Å²) in [7, 11) is 0. The summed E-state index contributed by atoms with van der Waals surface area (Å²) in [6.07, 6.45) is 0. The minimum Gasteiger partial charge on any atom is -0.493 e. The highest BCUT2D eigenvalue weighted by Crippen LogP contribution is 2.23. The molecular formula is C11H9FN2O2S. The van der Waals surface area contributed by atoms with Crippen molar-refractivity contribution in [1.29, 1.82) is 0 Å². The number of hydrogen-bond acceptors (Lipinski definition) is 5. The third-order valence-corrected chi connectivity index (χ3v) is 2.85. The van der Waals surface area contributed by atoms with E-state index in [4.69, 9.17) is 10.2 Å². The van der Waals surface area contributed by atoms with Gasteiger partial charge in [0.25, 0.3) is 0 Å². The Morgan fingerprint density at radius 1 is 1.12 bits per heavy atom. The van der Waals surface area contributed by atoms with Gasteiger partial charge in [-0.25, -0.2) is 4.39 Å². The lowest BCUT2D eigenvalue weighted by atomic mass is 10.2. The molecule has 2 rings (SSSR count). The van der Waals surface area contributed by atoms with Gasteiger partial charge >= 0.3 is 0 Å². The predicted molar refractivity (Wildman–Crippen MR) is 61.3 cm³/mol. The van der Waals surface area contributed by atoms with Crippen molar-refractivity contribution < 1.29 is 14.6 Å². The zero-order valence-electron chi connectivity index (χ0n) is 8.67. The molecule has 0 amide bonds. The molecule has 17 heavy (non-hydrogen) atoms. The van der Waals surface area contributed by atoms with E-state index in [0.717, 1.165) is 11.6 Å². The fourth-order valence-corrected chi connectivity index (χ4v) is 2.03. The smallest absolute Gasteiger partial charge is 0.218 e. The second-order valence-corrected chi connectivity index (χ2v) is 4.23. The first kappa shape index (κ1) is 11.7. The Morgan fingerprint density at radius 3 is 2.47 bits per heavy atom. The van der Waals surface area contributed by atoms with E-state index in [1.165, 1.54) is 23.9 Å². The topological polar surface area (TPSA) is 66.2 Å². The Balaban J connectivity index is 2.07. The average Bonchev–Trinajstić information content (AvgIpc) is 2.25. The zero-order valence-corrected chi connectivity index (χ0v) is 9.49. The van der Waals surface area contributed by atoms with Crippen molar-refractivity contribution in [2.75, 3.05) is 0 Å². The third kappa shape index (κ3) is 3.32. The molecule has 1 aromatic heterocycles. The predicted octanol–water partition coefficient (Wildman–Crippen LogP) is 2.32. The molecule has 0 spiro atoms. The van der Waals surface area contributed by atoms with Crippen LogP contribution in [0, 0.1) is 5.82 Å². The van der Waals surface area contributed by atoms with Crippen LogP contribution in [0.25, 0.3) is 0 Å². The van der Waals surface area contributed by atoms with E-state index < -0.39 is 0 Å². The van der Waals surface area contributed by atoms with Crippen LogP contribution in [0.3, 0.4) is 0 Å². The molecule has 0 aliphatic carbocycles. The van der Waals surface area contributed by atoms with Crippen LogP contribution < -0.4 is 0 Å². The quantitative estimate of drug-likeness (QED) is 0.648. The molecule has 88 valence electrons. The number of nitrogens with zero attached hydrogens (tertiary/aromatic N) is 2. The molecular weight excluding hydrogens is 243 g/mol. The summed E-state index contributed by atoms with van der Waals surface area (Å²) in [4.78, 5) is 7.45. The van der Waals surface area contributed by atoms with Crippen LogP contribution in [0.15, 0.2) is 35.5 Å². The van der Waals surface area contributed by atoms with E-state index in [1.54, 1.807) is 12.1 Å². The van der Waals surface area contributed by atoms with Crippen molar-refractivity contribution in [2.24, 2.45) is 0 Å². The number of hydrogen-bond donors (Lipinski definition) is 2. The second kappa shape index (κ2) is 5.01. The maximum atomic E-state index is 12.9. The SMILES string of the molecule is Oc1cc(O)nc(SCc2cccc(F)c2)n1. The lowest BCUT2D eigenvalue weighted by molar-refractivity contribution is 0.411. The Labute approximate surface area is 101 Å². The molecule has 1 aromatic carbocycles. The van der Waals surface area contributed by atoms with E-state index in [9.17, 15) is 4.39 Å². The second-order valence-electron chi connectivity index (χ2n) is 3.29. The van der Waals surface area contributed by atoms with Crippen molar-refractivity contribution in [3.8, 4) is 11.8 Å². The zero-order chi connectivity index (χ0) is 12.3. The highest BCUT2D eigenvalue weighted by atomic mass is 32.2. The van der Waals surface area contributed by atoms with Crippen molar-refractivity contribution in [3.05, 3.63) is 41.7 Å². The van der Waals surface area contributed by atoms with Gasteiger partial charge in [0.1, 0.15) is 5.82 Å². The van der Waals surface area contributed by atoms with Crippen LogP contribution >= 0.6 is 11.8 Å². The Kier molecular flexibility index (Phi) is 3.43. The minimum atomic E-state index is -0.303. The van der Waals surface area contributed by atoms with Gasteiger partial charge in [-0.05, 0) is 17.7 Å². The first-order chi connectivity index (χ1) is 8.13. The summed E-state index contributed by atoms with van der Waals surface area (Å²) in [5.74, 6) is -0.429. The van der Waals surface area contributed by atoms with Crippen molar-refractivity contribution in [2.45, 2.75) is 10.9 Å². The van der Waals surface area contributed by atoms with E-state index in [0.29, 0.717) is 5.75 Å². The maximum absolute atomic E-state index is 12.9. The van der Waals surface area contributed by atoms with Crippen LogP contribution in [0.4, 0.5) is 4.39 Å². The van der Waals surface area contributed by atoms with Gasteiger partial charge < -0.3 is 10.2 Å². The molecule has 0 bridgehead atoms. The first-order valence-corrected chi connectivity index (χ1v) is 5.76. The molecule has 2 aromatic rings. The molecule has 2 N–H and O–H groups in total. The number of aromatic nitrogens is 2. The van der Waals surface area contributed by atoms with Gasteiger partial charge in [0.05, 0.1) is 6.07 Å². The van der Waals surface area contributed by atoms with E-state index in [2.05, 4.69) is 9.97 Å². The molecule has 1 heterocycles. The van der Waals surface area contributed by atoms with Crippen molar-refractivity contribution >= 4 is 11.8 Å². The lowest BCUT2D eigenvalue weighted by Crippen LogP contribution is -1.88. The normalized spacial score (nSPS) is 10.4. The van der Waals surface area contributed by atoms with Gasteiger partial charge in [0.15, 0.2) is 5.16 Å². The number of halogens is 1. The lowest BCUT2D eigenvalue weighted by Gasteiger charge is -2.02. The highest BCUT2D eigenvalue weighted by molar-refractivity contribution is 7.98. The van der Waals surface area contributed by atoms with Crippen LogP contribution in [0.1, 0.15) is 5.56 Å². The number of rotatable bonds is 3. The number of benzene rings is 1. The Morgan fingerprint density at radius 2 is 1.82 bits per heavy atom. The summed E-state index contributed by atoms with van der Waals surface area (Å²) in [6.45, 7) is 0. The monoisotopic (exact) mass is 252 g/mol. The molecule has 0 aliphatic heterocycles. The number of thioether (sulfide) groups is 1. The van der Waals surface area contributed by atoms with Crippen LogP contribution in [0.2, 0.25) is 0 Å². The van der Waals surface area contributed by atoms with E-state index in [-0.39, 0.29) is 22.7 Å². The molecule has 0 radical (unpaired) electrons. The fraction of sp³-hybridized carbons (Fsp3) is 0.0909. The largest absolute Gasteiger partial charge is 0.493 e. The van der Waals surface area contributed by atoms with Crippen molar-refractivity contribution in [3.63, 3.8) is 0 Å². The van der Waals surface area contributed by atoms with Gasteiger partial charge in [-0.3, -0.25) is 0 Å². The van der Waals surface area contributed by atoms with Crippen LogP contribution in [0.5, 0.6) is 11.8 Å². The molecule has 0 saturated heterocycles. The van der Waals surface area contributed by atoms with Gasteiger partial charge in [-0.15, -0.1) is 0 Å². The summed E-state index contributed by atoms with van der Waals surface area (Å²) in [6, 6.07) is 7.22. The number of aromatic hydroxyl groups is 2. The average molecular weight is 252 g/mol. The van der Waals surface area contributed by atoms with Gasteiger partial charge in [-0.1, -0.05) is 23.9 Å². The molecule has 4 nitrogen and oxygen atoms in total. The van der Waals surface area contributed by atoms with Crippen molar-refractivity contribution in [1.82, 2.24) is 9.97 Å². The van der Waals surface area contributed by atoms with E-state index >= 15 is 0 Å². The van der Waals surface area contributed by atoms with E-state index in [1.807, 2.05) is 0 Å². The molecule has 0 saturated carbocycles. The third-order valence-electron chi connectivity index (χ3n) is 1.94. The molecule has 6 heteroatoms. The summed E-state index contributed by atoms with van der Waals surface area (Å²) in [5, 5.41) is 18.5. The summed E-state index contributed by atoms with van der Waals surface area (Å²) < 4.78 is 12.9. The van der Waals surface area contributed by atoms with Gasteiger partial charge in [0, 0.05) is 5.75 Å². The Bertz CT molecular complexity index is 516. The molecule has 0 fully saturated rings. The molecule has 0 atom stereocenters. The minimum absolute atomic E-state index is 0.242. The first-order valence-electron chi connectivity index (χ1n) is 4.78. The van der Waals surface area contributed by atoms with Crippen LogP contribution in [-0.2, 0) is 5.75 Å².